The Morgan fingerprint density at radius 1 is 0.297 bits per heavy atom. The summed E-state index contributed by atoms with van der Waals surface area (Å²) in [7, 11) is 0. The third kappa shape index (κ3) is 8.52. The molecule has 0 fully saturated rings. The van der Waals surface area contributed by atoms with Crippen molar-refractivity contribution in [2.45, 2.75) is 31.3 Å². The second-order valence-corrected chi connectivity index (χ2v) is 26.6. The van der Waals surface area contributed by atoms with E-state index in [0.717, 1.165) is 148 Å². The highest BCUT2D eigenvalue weighted by Gasteiger charge is 2.52. The number of para-hydroxylation sites is 4. The molecule has 21 rings (SSSR count). The van der Waals surface area contributed by atoms with Crippen LogP contribution in [0.2, 0.25) is 0 Å². The van der Waals surface area contributed by atoms with Crippen molar-refractivity contribution in [2.24, 2.45) is 0 Å². The summed E-state index contributed by atoms with van der Waals surface area (Å²) in [5, 5.41) is 9.45. The minimum atomic E-state index is -1.35. The predicted molar refractivity (Wildman–Crippen MR) is 410 cm³/mol. The standard InChI is InChI=1S/C91H60N10/c1-7-27-57(28-8-1)85-92-86(58-29-9-2-10-30-58)95-89(94-85)61-47-49-65-66-50-48-62(90-96-87(59-31-11-3-12-32-59)93-88(97-90)60-33-13-4-14-34-60)56-76(66)91(75(65)55-61,100-79-45-25-21-41-69(79)73-53-51-71-67-39-19-23-43-77(67)98(81(71)83(73)100)63-35-15-5-16-36-63)101-80-46-26-22-42-70(80)74-54-52-72-68-40-20-24-44-78(68)99(82(72)84(74)101)64-37-17-6-18-38-64/h1-19,21,23,25-41,43-56H,20,22,24,42H2. The van der Waals surface area contributed by atoms with Crippen LogP contribution in [0.25, 0.3) is 174 Å². The van der Waals surface area contributed by atoms with Crippen LogP contribution in [0.5, 0.6) is 0 Å². The van der Waals surface area contributed by atoms with Gasteiger partial charge in [0.05, 0.1) is 33.1 Å². The second kappa shape index (κ2) is 22.4. The number of benzene rings is 12. The lowest BCUT2D eigenvalue weighted by Crippen LogP contribution is -2.43. The number of aromatic nitrogens is 10. The molecule has 0 unspecified atom stereocenters. The van der Waals surface area contributed by atoms with Crippen LogP contribution < -0.4 is 10.6 Å². The Bertz CT molecular complexity index is 6320. The number of allylic oxidation sites excluding steroid dienone is 1. The molecule has 0 N–H and O–H groups in total. The molecule has 101 heavy (non-hydrogen) atoms. The predicted octanol–water partition coefficient (Wildman–Crippen LogP) is 19.8. The second-order valence-electron chi connectivity index (χ2n) is 26.6. The fraction of sp³-hybridized carbons (Fsp3) is 0.0549. The zero-order valence-corrected chi connectivity index (χ0v) is 54.8. The largest absolute Gasteiger partial charge is 0.308 e. The number of hydrogen-bond acceptors (Lipinski definition) is 6. The molecule has 12 aromatic carbocycles. The number of nitrogens with zero attached hydrogens (tertiary/aromatic N) is 10. The Kier molecular flexibility index (Phi) is 12.6. The molecule has 6 aromatic heterocycles. The van der Waals surface area contributed by atoms with Crippen molar-refractivity contribution in [3.63, 3.8) is 0 Å². The highest BCUT2D eigenvalue weighted by molar-refractivity contribution is 6.24. The molecule has 18 aromatic rings. The topological polar surface area (TPSA) is 97.1 Å². The molecular weight excluding hydrogens is 1230 g/mol. The van der Waals surface area contributed by atoms with Gasteiger partial charge in [0.25, 0.3) is 0 Å². The van der Waals surface area contributed by atoms with E-state index >= 15 is 0 Å². The fourth-order valence-corrected chi connectivity index (χ4v) is 16.9. The Labute approximate surface area is 580 Å². The third-order valence-electron chi connectivity index (χ3n) is 21.1. The summed E-state index contributed by atoms with van der Waals surface area (Å²) in [6, 6.07) is 105. The van der Waals surface area contributed by atoms with Gasteiger partial charge in [-0.05, 0) is 97.0 Å². The van der Waals surface area contributed by atoms with Crippen molar-refractivity contribution >= 4 is 83.6 Å². The van der Waals surface area contributed by atoms with Gasteiger partial charge in [0, 0.05) is 104 Å². The molecule has 0 amide bonds. The van der Waals surface area contributed by atoms with Crippen LogP contribution in [0, 0.1) is 0 Å². The van der Waals surface area contributed by atoms with E-state index in [9.17, 15) is 0 Å². The van der Waals surface area contributed by atoms with Crippen molar-refractivity contribution in [2.75, 3.05) is 0 Å². The molecule has 6 heterocycles. The van der Waals surface area contributed by atoms with Gasteiger partial charge in [-0.1, -0.05) is 261 Å². The molecule has 0 atom stereocenters. The Hall–Kier alpha value is -13.2. The lowest BCUT2D eigenvalue weighted by molar-refractivity contribution is 0.402. The zero-order valence-electron chi connectivity index (χ0n) is 54.8. The zero-order chi connectivity index (χ0) is 66.3. The first-order valence-electron chi connectivity index (χ1n) is 34.8. The third-order valence-corrected chi connectivity index (χ3v) is 21.1. The van der Waals surface area contributed by atoms with Gasteiger partial charge in [-0.3, -0.25) is 0 Å². The molecule has 0 aliphatic heterocycles. The molecular formula is C91H60N10. The summed E-state index contributed by atoms with van der Waals surface area (Å²) in [6.45, 7) is 0. The van der Waals surface area contributed by atoms with Crippen LogP contribution in [0.1, 0.15) is 41.6 Å². The fourth-order valence-electron chi connectivity index (χ4n) is 16.9. The smallest absolute Gasteiger partial charge is 0.176 e. The van der Waals surface area contributed by atoms with E-state index in [1.54, 1.807) is 0 Å². The first kappa shape index (κ1) is 56.9. The lowest BCUT2D eigenvalue weighted by Gasteiger charge is -2.40. The monoisotopic (exact) mass is 1290 g/mol. The van der Waals surface area contributed by atoms with Crippen molar-refractivity contribution in [3.8, 4) is 90.8 Å². The van der Waals surface area contributed by atoms with Gasteiger partial charge in [0.15, 0.2) is 40.6 Å². The minimum Gasteiger partial charge on any atom is -0.308 e. The quantitative estimate of drug-likeness (QED) is 0.135. The Morgan fingerprint density at radius 2 is 0.703 bits per heavy atom. The normalized spacial score (nSPS) is 13.6. The van der Waals surface area contributed by atoms with Crippen LogP contribution in [0.15, 0.2) is 297 Å². The van der Waals surface area contributed by atoms with Gasteiger partial charge in [-0.25, -0.2) is 29.9 Å². The van der Waals surface area contributed by atoms with Gasteiger partial charge < -0.3 is 18.3 Å². The first-order valence-corrected chi connectivity index (χ1v) is 34.8. The maximum atomic E-state index is 5.54. The van der Waals surface area contributed by atoms with Crippen molar-refractivity contribution in [3.05, 3.63) is 330 Å². The summed E-state index contributed by atoms with van der Waals surface area (Å²) < 4.78 is 10.7. The molecule has 474 valence electrons. The lowest BCUT2D eigenvalue weighted by atomic mass is 9.91. The molecule has 0 saturated carbocycles. The van der Waals surface area contributed by atoms with Crippen molar-refractivity contribution < 1.29 is 0 Å². The summed E-state index contributed by atoms with van der Waals surface area (Å²) >= 11 is 0. The maximum absolute atomic E-state index is 5.54. The van der Waals surface area contributed by atoms with Gasteiger partial charge in [-0.2, -0.15) is 0 Å². The number of fused-ring (bicyclic) bond motifs is 17. The average molecular weight is 1290 g/mol. The van der Waals surface area contributed by atoms with Gasteiger partial charge >= 0.3 is 0 Å². The molecule has 0 bridgehead atoms. The van der Waals surface area contributed by atoms with Crippen LogP contribution in [0.3, 0.4) is 0 Å². The van der Waals surface area contributed by atoms with Crippen LogP contribution in [0.4, 0.5) is 0 Å². The first-order chi connectivity index (χ1) is 50.1. The summed E-state index contributed by atoms with van der Waals surface area (Å²) in [4.78, 5) is 32.7. The summed E-state index contributed by atoms with van der Waals surface area (Å²) in [6.07, 6.45) is 13.4. The van der Waals surface area contributed by atoms with Crippen LogP contribution in [-0.4, -0.2) is 48.2 Å². The molecule has 3 aliphatic rings. The van der Waals surface area contributed by atoms with E-state index in [0.29, 0.717) is 34.9 Å². The van der Waals surface area contributed by atoms with E-state index in [2.05, 4.69) is 261 Å². The number of hydrogen-bond donors (Lipinski definition) is 0. The van der Waals surface area contributed by atoms with Crippen LogP contribution >= 0.6 is 0 Å². The highest BCUT2D eigenvalue weighted by Crippen LogP contribution is 2.59. The SMILES string of the molecule is C1=Cc2c(c3ccc4c5c(n(-c6ccccc6)c4c3n2C2(n3c4ccccc4c4ccc6c7ccccc7n(-c7ccccc7)c6c43)c3cc(-c4nc(-c6ccccc6)nc(-c6ccccc6)n4)ccc3-c3ccc(-c4nc(-c6ccccc6)nc(-c6ccccc6)n4)cc32)=CCCC=5)CC1. The number of rotatable bonds is 10. The van der Waals surface area contributed by atoms with Crippen molar-refractivity contribution in [1.82, 2.24) is 48.2 Å². The maximum Gasteiger partial charge on any atom is 0.176 e. The highest BCUT2D eigenvalue weighted by atomic mass is 15.3. The molecule has 0 radical (unpaired) electrons. The number of aryl methyl sites for hydroxylation is 1. The summed E-state index contributed by atoms with van der Waals surface area (Å²) in [5.74, 6) is 3.48. The minimum absolute atomic E-state index is 0.560. The van der Waals surface area contributed by atoms with E-state index < -0.39 is 5.66 Å². The van der Waals surface area contributed by atoms with E-state index in [4.69, 9.17) is 29.9 Å². The van der Waals surface area contributed by atoms with Gasteiger partial charge in [-0.15, -0.1) is 0 Å². The van der Waals surface area contributed by atoms with Crippen molar-refractivity contribution in [1.29, 1.82) is 0 Å². The average Bonchev–Trinajstić information content (AvgIpc) is 1.36. The van der Waals surface area contributed by atoms with Gasteiger partial charge in [0.1, 0.15) is 0 Å². The molecule has 10 nitrogen and oxygen atoms in total. The Morgan fingerprint density at radius 3 is 1.24 bits per heavy atom. The van der Waals surface area contributed by atoms with E-state index in [1.807, 2.05) is 72.8 Å². The molecule has 0 spiro atoms. The summed E-state index contributed by atoms with van der Waals surface area (Å²) in [5.41, 5.74) is 19.4. The molecule has 0 saturated heterocycles. The van der Waals surface area contributed by atoms with E-state index in [1.165, 1.54) is 32.3 Å². The molecule has 3 aliphatic carbocycles. The van der Waals surface area contributed by atoms with Gasteiger partial charge in [0.2, 0.25) is 0 Å². The Balaban J connectivity index is 1.00. The van der Waals surface area contributed by atoms with Crippen LogP contribution in [-0.2, 0) is 12.1 Å². The molecule has 10 heteroatoms. The van der Waals surface area contributed by atoms with E-state index in [-0.39, 0.29) is 0 Å².